The lowest BCUT2D eigenvalue weighted by Crippen LogP contribution is -2.10. The summed E-state index contributed by atoms with van der Waals surface area (Å²) in [4.78, 5) is 0. The van der Waals surface area contributed by atoms with E-state index >= 15 is 0 Å². The molecule has 0 amide bonds. The third-order valence-electron chi connectivity index (χ3n) is 3.20. The molecule has 0 spiro atoms. The molecule has 0 fully saturated rings. The summed E-state index contributed by atoms with van der Waals surface area (Å²) in [7, 11) is 0. The molecule has 1 rings (SSSR count). The molecule has 0 saturated carbocycles. The van der Waals surface area contributed by atoms with Gasteiger partial charge in [-0.05, 0) is 38.0 Å². The molecule has 0 bridgehead atoms. The van der Waals surface area contributed by atoms with Crippen LogP contribution in [0.4, 0.5) is 0 Å². The number of allylic oxidation sites excluding steroid dienone is 2. The fourth-order valence-corrected chi connectivity index (χ4v) is 2.08. The summed E-state index contributed by atoms with van der Waals surface area (Å²) in [5.41, 5.74) is 1.62. The summed E-state index contributed by atoms with van der Waals surface area (Å²) >= 11 is 0. The molecule has 0 radical (unpaired) electrons. The van der Waals surface area contributed by atoms with Gasteiger partial charge in [0.1, 0.15) is 0 Å². The van der Waals surface area contributed by atoms with Crippen LogP contribution < -0.4 is 0 Å². The fraction of sp³-hybridized carbons (Fsp3) is 0.818. The number of hydrogen-bond donors (Lipinski definition) is 0. The smallest absolute Gasteiger partial charge is 0.0206 e. The zero-order valence-corrected chi connectivity index (χ0v) is 8.06. The summed E-state index contributed by atoms with van der Waals surface area (Å²) in [6.07, 6.45) is 7.94. The van der Waals surface area contributed by atoms with E-state index in [0.717, 1.165) is 11.8 Å². The molecular weight excluding hydrogens is 132 g/mol. The maximum Gasteiger partial charge on any atom is -0.0206 e. The Hall–Kier alpha value is -0.260. The largest absolute Gasteiger partial charge is 0.0853 e. The highest BCUT2D eigenvalue weighted by molar-refractivity contribution is 5.05. The van der Waals surface area contributed by atoms with Crippen molar-refractivity contribution in [1.82, 2.24) is 0 Å². The van der Waals surface area contributed by atoms with Crippen LogP contribution in [0.5, 0.6) is 0 Å². The first-order valence-corrected chi connectivity index (χ1v) is 4.92. The van der Waals surface area contributed by atoms with E-state index in [1.54, 1.807) is 5.57 Å². The Bertz CT molecular complexity index is 144. The van der Waals surface area contributed by atoms with Crippen LogP contribution >= 0.6 is 0 Å². The highest BCUT2D eigenvalue weighted by Crippen LogP contribution is 2.30. The summed E-state index contributed by atoms with van der Waals surface area (Å²) in [5, 5.41) is 0. The summed E-state index contributed by atoms with van der Waals surface area (Å²) < 4.78 is 0. The molecule has 0 aromatic carbocycles. The third-order valence-corrected chi connectivity index (χ3v) is 3.20. The lowest BCUT2D eigenvalue weighted by molar-refractivity contribution is 0.368. The van der Waals surface area contributed by atoms with E-state index in [9.17, 15) is 0 Å². The topological polar surface area (TPSA) is 0 Å². The maximum absolute atomic E-state index is 2.43. The van der Waals surface area contributed by atoms with Crippen molar-refractivity contribution in [3.63, 3.8) is 0 Å². The van der Waals surface area contributed by atoms with Crippen LogP contribution in [0.2, 0.25) is 0 Å². The average molecular weight is 152 g/mol. The molecule has 0 nitrogen and oxygen atoms in total. The van der Waals surface area contributed by atoms with Crippen molar-refractivity contribution in [3.8, 4) is 0 Å². The molecule has 2 unspecified atom stereocenters. The van der Waals surface area contributed by atoms with Gasteiger partial charge in [-0.15, -0.1) is 0 Å². The van der Waals surface area contributed by atoms with Gasteiger partial charge in [0.25, 0.3) is 0 Å². The SMILES string of the molecule is CCC1CCCC=C(C)C1C. The maximum atomic E-state index is 2.43. The van der Waals surface area contributed by atoms with Crippen LogP contribution in [-0.4, -0.2) is 0 Å². The minimum absolute atomic E-state index is 0.836. The monoisotopic (exact) mass is 152 g/mol. The van der Waals surface area contributed by atoms with E-state index in [0.29, 0.717) is 0 Å². The van der Waals surface area contributed by atoms with Crippen molar-refractivity contribution in [3.05, 3.63) is 11.6 Å². The lowest BCUT2D eigenvalue weighted by atomic mass is 9.85. The Morgan fingerprint density at radius 1 is 1.55 bits per heavy atom. The molecular formula is C11H20. The van der Waals surface area contributed by atoms with Crippen LogP contribution in [0.1, 0.15) is 46.5 Å². The predicted octanol–water partition coefficient (Wildman–Crippen LogP) is 3.78. The quantitative estimate of drug-likeness (QED) is 0.502. The normalized spacial score (nSPS) is 32.8. The minimum Gasteiger partial charge on any atom is -0.0853 e. The van der Waals surface area contributed by atoms with Crippen LogP contribution in [-0.2, 0) is 0 Å². The molecule has 0 aromatic rings. The molecule has 0 heterocycles. The van der Waals surface area contributed by atoms with E-state index in [-0.39, 0.29) is 0 Å². The predicted molar refractivity (Wildman–Crippen MR) is 50.6 cm³/mol. The van der Waals surface area contributed by atoms with Gasteiger partial charge in [0.05, 0.1) is 0 Å². The van der Waals surface area contributed by atoms with Gasteiger partial charge in [0.2, 0.25) is 0 Å². The Morgan fingerprint density at radius 3 is 2.91 bits per heavy atom. The third kappa shape index (κ3) is 2.08. The molecule has 0 aliphatic heterocycles. The first kappa shape index (κ1) is 8.83. The fourth-order valence-electron chi connectivity index (χ4n) is 2.08. The molecule has 1 aliphatic rings. The average Bonchev–Trinajstić information content (AvgIpc) is 2.16. The molecule has 0 heteroatoms. The van der Waals surface area contributed by atoms with Crippen molar-refractivity contribution in [2.24, 2.45) is 11.8 Å². The van der Waals surface area contributed by atoms with Crippen molar-refractivity contribution in [2.45, 2.75) is 46.5 Å². The Labute approximate surface area is 70.7 Å². The first-order chi connectivity index (χ1) is 5.25. The van der Waals surface area contributed by atoms with Crippen molar-refractivity contribution in [2.75, 3.05) is 0 Å². The van der Waals surface area contributed by atoms with Gasteiger partial charge >= 0.3 is 0 Å². The van der Waals surface area contributed by atoms with Gasteiger partial charge in [-0.1, -0.05) is 31.9 Å². The van der Waals surface area contributed by atoms with Crippen molar-refractivity contribution < 1.29 is 0 Å². The van der Waals surface area contributed by atoms with E-state index in [4.69, 9.17) is 0 Å². The molecule has 0 saturated heterocycles. The van der Waals surface area contributed by atoms with E-state index in [1.165, 1.54) is 25.7 Å². The molecule has 2 atom stereocenters. The second-order valence-corrected chi connectivity index (χ2v) is 3.84. The summed E-state index contributed by atoms with van der Waals surface area (Å²) in [6, 6.07) is 0. The highest BCUT2D eigenvalue weighted by Gasteiger charge is 2.18. The number of hydrogen-bond acceptors (Lipinski definition) is 0. The van der Waals surface area contributed by atoms with Gasteiger partial charge in [-0.2, -0.15) is 0 Å². The Kier molecular flexibility index (Phi) is 3.16. The van der Waals surface area contributed by atoms with Crippen molar-refractivity contribution >= 4 is 0 Å². The zero-order valence-electron chi connectivity index (χ0n) is 8.06. The van der Waals surface area contributed by atoms with Gasteiger partial charge in [0.15, 0.2) is 0 Å². The van der Waals surface area contributed by atoms with Gasteiger partial charge < -0.3 is 0 Å². The highest BCUT2D eigenvalue weighted by atomic mass is 14.2. The van der Waals surface area contributed by atoms with Crippen LogP contribution in [0.15, 0.2) is 11.6 Å². The van der Waals surface area contributed by atoms with E-state index in [2.05, 4.69) is 26.8 Å². The molecule has 64 valence electrons. The van der Waals surface area contributed by atoms with Crippen LogP contribution in [0.25, 0.3) is 0 Å². The first-order valence-electron chi connectivity index (χ1n) is 4.92. The molecule has 0 aromatic heterocycles. The van der Waals surface area contributed by atoms with Crippen LogP contribution in [0, 0.1) is 11.8 Å². The Morgan fingerprint density at radius 2 is 2.27 bits per heavy atom. The van der Waals surface area contributed by atoms with Gasteiger partial charge in [0, 0.05) is 0 Å². The second kappa shape index (κ2) is 3.94. The van der Waals surface area contributed by atoms with Crippen molar-refractivity contribution in [1.29, 1.82) is 0 Å². The van der Waals surface area contributed by atoms with E-state index in [1.807, 2.05) is 0 Å². The second-order valence-electron chi connectivity index (χ2n) is 3.84. The summed E-state index contributed by atoms with van der Waals surface area (Å²) in [6.45, 7) is 6.99. The molecule has 11 heavy (non-hydrogen) atoms. The molecule has 1 aliphatic carbocycles. The van der Waals surface area contributed by atoms with Gasteiger partial charge in [-0.25, -0.2) is 0 Å². The standard InChI is InChI=1S/C11H20/c1-4-11-8-6-5-7-9(2)10(11)3/h7,10-11H,4-6,8H2,1-3H3. The summed E-state index contributed by atoms with van der Waals surface area (Å²) in [5.74, 6) is 1.79. The van der Waals surface area contributed by atoms with Crippen LogP contribution in [0.3, 0.4) is 0 Å². The molecule has 0 N–H and O–H groups in total. The zero-order chi connectivity index (χ0) is 8.27. The van der Waals surface area contributed by atoms with E-state index < -0.39 is 0 Å². The lowest BCUT2D eigenvalue weighted by Gasteiger charge is -2.20. The minimum atomic E-state index is 0.836. The Balaban J connectivity index is 2.62. The number of rotatable bonds is 1. The van der Waals surface area contributed by atoms with Gasteiger partial charge in [-0.3, -0.25) is 0 Å².